The van der Waals surface area contributed by atoms with E-state index in [1.165, 1.54) is 6.08 Å². The SMILES string of the molecule is C=CCC=C(C=C)C=O. The summed E-state index contributed by atoms with van der Waals surface area (Å²) in [7, 11) is 0. The summed E-state index contributed by atoms with van der Waals surface area (Å²) in [6, 6.07) is 0. The molecule has 0 amide bonds. The Hall–Kier alpha value is -1.11. The fraction of sp³-hybridized carbons (Fsp3) is 0.125. The molecule has 0 spiro atoms. The number of carbonyl (C=O) groups is 1. The quantitative estimate of drug-likeness (QED) is 0.241. The van der Waals surface area contributed by atoms with Gasteiger partial charge in [-0.05, 0) is 6.42 Å². The van der Waals surface area contributed by atoms with Crippen molar-refractivity contribution in [2.45, 2.75) is 6.42 Å². The van der Waals surface area contributed by atoms with Gasteiger partial charge in [0.2, 0.25) is 0 Å². The van der Waals surface area contributed by atoms with Crippen molar-refractivity contribution in [1.29, 1.82) is 0 Å². The Kier molecular flexibility index (Phi) is 4.41. The van der Waals surface area contributed by atoms with Crippen molar-refractivity contribution in [3.05, 3.63) is 37.0 Å². The number of aldehydes is 1. The predicted molar refractivity (Wildman–Crippen MR) is 39.2 cm³/mol. The Labute approximate surface area is 55.4 Å². The van der Waals surface area contributed by atoms with Crippen molar-refractivity contribution >= 4 is 6.29 Å². The fourth-order valence-electron chi connectivity index (χ4n) is 0.399. The molecule has 0 aliphatic heterocycles. The molecule has 0 aliphatic rings. The summed E-state index contributed by atoms with van der Waals surface area (Å²) >= 11 is 0. The first-order valence-corrected chi connectivity index (χ1v) is 2.73. The molecule has 0 fully saturated rings. The van der Waals surface area contributed by atoms with Crippen LogP contribution in [0.3, 0.4) is 0 Å². The van der Waals surface area contributed by atoms with Gasteiger partial charge in [-0.15, -0.1) is 6.58 Å². The maximum atomic E-state index is 10.1. The summed E-state index contributed by atoms with van der Waals surface area (Å²) in [4.78, 5) is 10.1. The average molecular weight is 122 g/mol. The topological polar surface area (TPSA) is 17.1 Å². The summed E-state index contributed by atoms with van der Waals surface area (Å²) in [5, 5.41) is 0. The molecule has 0 N–H and O–H groups in total. The molecule has 0 aromatic rings. The summed E-state index contributed by atoms with van der Waals surface area (Å²) < 4.78 is 0. The first-order chi connectivity index (χ1) is 4.35. The van der Waals surface area contributed by atoms with E-state index in [2.05, 4.69) is 13.2 Å². The molecule has 1 nitrogen and oxygen atoms in total. The van der Waals surface area contributed by atoms with Gasteiger partial charge in [-0.3, -0.25) is 4.79 Å². The number of hydrogen-bond acceptors (Lipinski definition) is 1. The lowest BCUT2D eigenvalue weighted by molar-refractivity contribution is -0.104. The molecule has 9 heavy (non-hydrogen) atoms. The molecule has 0 heterocycles. The lowest BCUT2D eigenvalue weighted by atomic mass is 10.2. The molecule has 0 saturated carbocycles. The van der Waals surface area contributed by atoms with Crippen LogP contribution >= 0.6 is 0 Å². The highest BCUT2D eigenvalue weighted by Gasteiger charge is 1.81. The largest absolute Gasteiger partial charge is 0.298 e. The third-order valence-electron chi connectivity index (χ3n) is 0.892. The minimum absolute atomic E-state index is 0.620. The van der Waals surface area contributed by atoms with Gasteiger partial charge in [-0.2, -0.15) is 0 Å². The summed E-state index contributed by atoms with van der Waals surface area (Å²) in [5.41, 5.74) is 0.620. The van der Waals surface area contributed by atoms with Crippen molar-refractivity contribution in [3.63, 3.8) is 0 Å². The van der Waals surface area contributed by atoms with Crippen LogP contribution in [0, 0.1) is 0 Å². The van der Waals surface area contributed by atoms with E-state index in [0.29, 0.717) is 5.57 Å². The number of allylic oxidation sites excluding steroid dienone is 4. The molecule has 1 heteroatoms. The van der Waals surface area contributed by atoms with E-state index in [0.717, 1.165) is 12.7 Å². The van der Waals surface area contributed by atoms with Crippen molar-refractivity contribution in [2.24, 2.45) is 0 Å². The van der Waals surface area contributed by atoms with Gasteiger partial charge in [0.25, 0.3) is 0 Å². The Bertz CT molecular complexity index is 133. The molecule has 0 aliphatic carbocycles. The van der Waals surface area contributed by atoms with Gasteiger partial charge in [0, 0.05) is 5.57 Å². The third-order valence-corrected chi connectivity index (χ3v) is 0.892. The molecule has 0 atom stereocenters. The van der Waals surface area contributed by atoms with Gasteiger partial charge in [0.05, 0.1) is 0 Å². The van der Waals surface area contributed by atoms with Crippen LogP contribution in [-0.2, 0) is 4.79 Å². The van der Waals surface area contributed by atoms with Crippen LogP contribution in [0.5, 0.6) is 0 Å². The zero-order valence-electron chi connectivity index (χ0n) is 5.34. The van der Waals surface area contributed by atoms with Crippen LogP contribution in [0.2, 0.25) is 0 Å². The molecule has 0 rings (SSSR count). The van der Waals surface area contributed by atoms with Gasteiger partial charge in [-0.1, -0.05) is 24.8 Å². The van der Waals surface area contributed by atoms with Crippen LogP contribution in [0.1, 0.15) is 6.42 Å². The van der Waals surface area contributed by atoms with Crippen LogP contribution in [-0.4, -0.2) is 6.29 Å². The Morgan fingerprint density at radius 2 is 2.11 bits per heavy atom. The minimum atomic E-state index is 0.620. The van der Waals surface area contributed by atoms with E-state index < -0.39 is 0 Å². The second kappa shape index (κ2) is 5.04. The van der Waals surface area contributed by atoms with Crippen molar-refractivity contribution in [2.75, 3.05) is 0 Å². The monoisotopic (exact) mass is 122 g/mol. The molecular formula is C8H10O. The maximum Gasteiger partial charge on any atom is 0.149 e. The highest BCUT2D eigenvalue weighted by Crippen LogP contribution is 1.93. The lowest BCUT2D eigenvalue weighted by Gasteiger charge is -1.83. The van der Waals surface area contributed by atoms with E-state index in [9.17, 15) is 4.79 Å². The van der Waals surface area contributed by atoms with Gasteiger partial charge in [-0.25, -0.2) is 0 Å². The molecule has 0 bridgehead atoms. The second-order valence-electron chi connectivity index (χ2n) is 1.55. The van der Waals surface area contributed by atoms with Gasteiger partial charge >= 0.3 is 0 Å². The smallest absolute Gasteiger partial charge is 0.149 e. The summed E-state index contributed by atoms with van der Waals surface area (Å²) in [6.07, 6.45) is 6.52. The Morgan fingerprint density at radius 3 is 2.44 bits per heavy atom. The van der Waals surface area contributed by atoms with Crippen LogP contribution in [0.25, 0.3) is 0 Å². The van der Waals surface area contributed by atoms with Crippen LogP contribution in [0.15, 0.2) is 37.0 Å². The van der Waals surface area contributed by atoms with Crippen molar-refractivity contribution in [1.82, 2.24) is 0 Å². The fourth-order valence-corrected chi connectivity index (χ4v) is 0.399. The molecule has 0 aromatic carbocycles. The molecule has 0 saturated heterocycles. The highest BCUT2D eigenvalue weighted by atomic mass is 16.1. The molecular weight excluding hydrogens is 112 g/mol. The van der Waals surface area contributed by atoms with E-state index in [1.807, 2.05) is 0 Å². The minimum Gasteiger partial charge on any atom is -0.298 e. The summed E-state index contributed by atoms with van der Waals surface area (Å²) in [6.45, 7) is 6.96. The average Bonchev–Trinajstić information content (AvgIpc) is 1.91. The summed E-state index contributed by atoms with van der Waals surface area (Å²) in [5.74, 6) is 0. The first kappa shape index (κ1) is 7.89. The van der Waals surface area contributed by atoms with Gasteiger partial charge in [0.1, 0.15) is 6.29 Å². The highest BCUT2D eigenvalue weighted by molar-refractivity contribution is 5.77. The number of carbonyl (C=O) groups excluding carboxylic acids is 1. The van der Waals surface area contributed by atoms with E-state index in [4.69, 9.17) is 0 Å². The molecule has 48 valence electrons. The van der Waals surface area contributed by atoms with Crippen molar-refractivity contribution in [3.8, 4) is 0 Å². The third kappa shape index (κ3) is 3.47. The molecule has 0 unspecified atom stereocenters. The molecule has 0 aromatic heterocycles. The van der Waals surface area contributed by atoms with Crippen LogP contribution < -0.4 is 0 Å². The zero-order valence-corrected chi connectivity index (χ0v) is 5.34. The van der Waals surface area contributed by atoms with Gasteiger partial charge in [0.15, 0.2) is 0 Å². The van der Waals surface area contributed by atoms with Crippen LogP contribution in [0.4, 0.5) is 0 Å². The zero-order chi connectivity index (χ0) is 7.11. The Balaban J connectivity index is 3.89. The standard InChI is InChI=1S/C8H10O/c1-3-5-6-8(4-2)7-9/h3-4,6-7H,1-2,5H2. The predicted octanol–water partition coefficient (Wildman–Crippen LogP) is 1.87. The number of rotatable bonds is 4. The number of hydrogen-bond donors (Lipinski definition) is 0. The normalized spacial score (nSPS) is 10.4. The van der Waals surface area contributed by atoms with E-state index in [-0.39, 0.29) is 0 Å². The molecule has 0 radical (unpaired) electrons. The van der Waals surface area contributed by atoms with Crippen molar-refractivity contribution < 1.29 is 4.79 Å². The first-order valence-electron chi connectivity index (χ1n) is 2.73. The lowest BCUT2D eigenvalue weighted by Crippen LogP contribution is -1.75. The Morgan fingerprint density at radius 1 is 1.44 bits per heavy atom. The van der Waals surface area contributed by atoms with Gasteiger partial charge < -0.3 is 0 Å². The van der Waals surface area contributed by atoms with E-state index in [1.54, 1.807) is 12.2 Å². The second-order valence-corrected chi connectivity index (χ2v) is 1.55. The maximum absolute atomic E-state index is 10.1. The van der Waals surface area contributed by atoms with E-state index >= 15 is 0 Å².